The molecule has 6 nitrogen and oxygen atoms in total. The summed E-state index contributed by atoms with van der Waals surface area (Å²) >= 11 is 5.83. The van der Waals surface area contributed by atoms with Gasteiger partial charge in [0.2, 0.25) is 10.0 Å². The van der Waals surface area contributed by atoms with Gasteiger partial charge in [0.15, 0.2) is 0 Å². The van der Waals surface area contributed by atoms with Gasteiger partial charge < -0.3 is 11.1 Å². The van der Waals surface area contributed by atoms with Crippen LogP contribution in [0.3, 0.4) is 0 Å². The van der Waals surface area contributed by atoms with E-state index in [1.54, 1.807) is 18.2 Å². The lowest BCUT2D eigenvalue weighted by molar-refractivity contribution is 0.102. The van der Waals surface area contributed by atoms with Gasteiger partial charge in [0.25, 0.3) is 5.91 Å². The Labute approximate surface area is 151 Å². The van der Waals surface area contributed by atoms with Crippen molar-refractivity contribution in [2.75, 3.05) is 24.1 Å². The highest BCUT2D eigenvalue weighted by molar-refractivity contribution is 7.89. The number of nitrogens with zero attached hydrogens (tertiary/aromatic N) is 1. The number of halogens is 1. The van der Waals surface area contributed by atoms with Crippen LogP contribution in [0.4, 0.5) is 11.4 Å². The Bertz CT molecular complexity index is 892. The van der Waals surface area contributed by atoms with E-state index < -0.39 is 10.0 Å². The van der Waals surface area contributed by atoms with Gasteiger partial charge in [-0.2, -0.15) is 4.31 Å². The summed E-state index contributed by atoms with van der Waals surface area (Å²) in [6, 6.07) is 10.7. The first-order chi connectivity index (χ1) is 11.9. The van der Waals surface area contributed by atoms with Crippen LogP contribution in [0.1, 0.15) is 23.2 Å². The van der Waals surface area contributed by atoms with Crippen LogP contribution in [0.25, 0.3) is 0 Å². The second kappa shape index (κ2) is 7.03. The van der Waals surface area contributed by atoms with Crippen LogP contribution in [0.5, 0.6) is 0 Å². The van der Waals surface area contributed by atoms with E-state index in [4.69, 9.17) is 17.3 Å². The Kier molecular flexibility index (Phi) is 4.99. The summed E-state index contributed by atoms with van der Waals surface area (Å²) in [5, 5.41) is 3.16. The highest BCUT2D eigenvalue weighted by Gasteiger charge is 2.27. The number of rotatable bonds is 4. The minimum Gasteiger partial charge on any atom is -0.397 e. The molecule has 1 heterocycles. The average molecular weight is 380 g/mol. The Morgan fingerprint density at radius 3 is 2.32 bits per heavy atom. The number of amides is 1. The molecule has 8 heteroatoms. The molecule has 1 aliphatic rings. The van der Waals surface area contributed by atoms with E-state index in [2.05, 4.69) is 5.32 Å². The summed E-state index contributed by atoms with van der Waals surface area (Å²) in [7, 11) is -3.48. The van der Waals surface area contributed by atoms with Crippen LogP contribution in [0.2, 0.25) is 5.02 Å². The highest BCUT2D eigenvalue weighted by Crippen LogP contribution is 2.24. The van der Waals surface area contributed by atoms with Gasteiger partial charge in [0.1, 0.15) is 0 Å². The number of hydrogen-bond acceptors (Lipinski definition) is 4. The van der Waals surface area contributed by atoms with Gasteiger partial charge >= 0.3 is 0 Å². The monoisotopic (exact) mass is 379 g/mol. The molecule has 2 aromatic rings. The van der Waals surface area contributed by atoms with Crippen molar-refractivity contribution in [1.29, 1.82) is 0 Å². The second-order valence-corrected chi connectivity index (χ2v) is 8.20. The molecule has 0 radical (unpaired) electrons. The topological polar surface area (TPSA) is 92.5 Å². The van der Waals surface area contributed by atoms with Crippen molar-refractivity contribution < 1.29 is 13.2 Å². The predicted octanol–water partition coefficient (Wildman–Crippen LogP) is 2.96. The quantitative estimate of drug-likeness (QED) is 0.799. The van der Waals surface area contributed by atoms with Crippen molar-refractivity contribution >= 4 is 38.9 Å². The number of nitrogens with one attached hydrogen (secondary N) is 1. The molecule has 0 aliphatic carbocycles. The lowest BCUT2D eigenvalue weighted by atomic mass is 10.2. The fourth-order valence-corrected chi connectivity index (χ4v) is 4.40. The second-order valence-electron chi connectivity index (χ2n) is 5.82. The maximum absolute atomic E-state index is 12.5. The first-order valence-electron chi connectivity index (χ1n) is 7.84. The molecule has 1 fully saturated rings. The number of anilines is 2. The van der Waals surface area contributed by atoms with E-state index >= 15 is 0 Å². The molecule has 3 N–H and O–H groups in total. The minimum absolute atomic E-state index is 0.192. The van der Waals surface area contributed by atoms with E-state index in [9.17, 15) is 13.2 Å². The van der Waals surface area contributed by atoms with Gasteiger partial charge in [-0.15, -0.1) is 0 Å². The lowest BCUT2D eigenvalue weighted by Gasteiger charge is -2.15. The third-order valence-electron chi connectivity index (χ3n) is 4.08. The molecule has 0 unspecified atom stereocenters. The van der Waals surface area contributed by atoms with Crippen molar-refractivity contribution in [2.45, 2.75) is 17.7 Å². The molecule has 3 rings (SSSR count). The van der Waals surface area contributed by atoms with E-state index in [0.717, 1.165) is 12.8 Å². The van der Waals surface area contributed by atoms with Crippen LogP contribution in [0.15, 0.2) is 47.4 Å². The van der Waals surface area contributed by atoms with Crippen molar-refractivity contribution in [3.8, 4) is 0 Å². The normalized spacial score (nSPS) is 15.2. The summed E-state index contributed by atoms with van der Waals surface area (Å²) in [5.74, 6) is -0.376. The van der Waals surface area contributed by atoms with Crippen LogP contribution >= 0.6 is 11.6 Å². The fourth-order valence-electron chi connectivity index (χ4n) is 2.70. The average Bonchev–Trinajstić information content (AvgIpc) is 3.13. The molecule has 1 aliphatic heterocycles. The highest BCUT2D eigenvalue weighted by atomic mass is 35.5. The Hall–Kier alpha value is -2.09. The first kappa shape index (κ1) is 17.7. The molecule has 0 aromatic heterocycles. The Morgan fingerprint density at radius 1 is 1.08 bits per heavy atom. The van der Waals surface area contributed by atoms with Crippen LogP contribution in [0, 0.1) is 0 Å². The molecular formula is C17H18ClN3O3S. The largest absolute Gasteiger partial charge is 0.397 e. The molecule has 0 spiro atoms. The maximum Gasteiger partial charge on any atom is 0.255 e. The number of carbonyl (C=O) groups is 1. The molecule has 25 heavy (non-hydrogen) atoms. The van der Waals surface area contributed by atoms with E-state index in [1.165, 1.54) is 28.6 Å². The van der Waals surface area contributed by atoms with E-state index in [1.807, 2.05) is 0 Å². The zero-order valence-corrected chi connectivity index (χ0v) is 15.0. The third-order valence-corrected chi connectivity index (χ3v) is 6.23. The van der Waals surface area contributed by atoms with Crippen molar-refractivity contribution in [3.05, 3.63) is 53.1 Å². The molecule has 0 bridgehead atoms. The fraction of sp³-hybridized carbons (Fsp3) is 0.235. The Balaban J connectivity index is 1.76. The summed E-state index contributed by atoms with van der Waals surface area (Å²) in [5.41, 5.74) is 6.96. The Morgan fingerprint density at radius 2 is 1.72 bits per heavy atom. The first-order valence-corrected chi connectivity index (χ1v) is 9.66. The number of benzene rings is 2. The molecule has 0 saturated carbocycles. The third kappa shape index (κ3) is 3.78. The van der Waals surface area contributed by atoms with Crippen molar-refractivity contribution in [1.82, 2.24) is 4.31 Å². The summed E-state index contributed by atoms with van der Waals surface area (Å²) in [6.07, 6.45) is 1.75. The number of carbonyl (C=O) groups excluding carboxylic acids is 1. The van der Waals surface area contributed by atoms with Crippen molar-refractivity contribution in [3.63, 3.8) is 0 Å². The van der Waals surface area contributed by atoms with Crippen LogP contribution < -0.4 is 11.1 Å². The minimum atomic E-state index is -3.48. The number of sulfonamides is 1. The molecule has 2 aromatic carbocycles. The van der Waals surface area contributed by atoms with Gasteiger partial charge in [-0.3, -0.25) is 4.79 Å². The summed E-state index contributed by atoms with van der Waals surface area (Å²) < 4.78 is 26.4. The van der Waals surface area contributed by atoms with Crippen LogP contribution in [-0.2, 0) is 10.0 Å². The lowest BCUT2D eigenvalue weighted by Crippen LogP contribution is -2.27. The molecular weight excluding hydrogens is 362 g/mol. The van der Waals surface area contributed by atoms with Gasteiger partial charge in [-0.1, -0.05) is 11.6 Å². The predicted molar refractivity (Wildman–Crippen MR) is 98.3 cm³/mol. The molecule has 0 atom stereocenters. The number of hydrogen-bond donors (Lipinski definition) is 2. The smallest absolute Gasteiger partial charge is 0.255 e. The van der Waals surface area contributed by atoms with Gasteiger partial charge in [0.05, 0.1) is 16.3 Å². The zero-order chi connectivity index (χ0) is 18.0. The SMILES string of the molecule is Nc1cc(Cl)ccc1NC(=O)c1ccc(S(=O)(=O)N2CCCC2)cc1. The number of nitrogen functional groups attached to an aromatic ring is 1. The van der Waals surface area contributed by atoms with Gasteiger partial charge in [-0.25, -0.2) is 8.42 Å². The van der Waals surface area contributed by atoms with Crippen molar-refractivity contribution in [2.24, 2.45) is 0 Å². The summed E-state index contributed by atoms with van der Waals surface area (Å²) in [4.78, 5) is 12.5. The van der Waals surface area contributed by atoms with Crippen LogP contribution in [-0.4, -0.2) is 31.7 Å². The molecule has 1 saturated heterocycles. The molecule has 1 amide bonds. The zero-order valence-electron chi connectivity index (χ0n) is 13.4. The maximum atomic E-state index is 12.5. The summed E-state index contributed by atoms with van der Waals surface area (Å²) in [6.45, 7) is 1.08. The number of nitrogens with two attached hydrogens (primary N) is 1. The van der Waals surface area contributed by atoms with Gasteiger partial charge in [0, 0.05) is 23.7 Å². The van der Waals surface area contributed by atoms with E-state index in [0.29, 0.717) is 35.1 Å². The van der Waals surface area contributed by atoms with Gasteiger partial charge in [-0.05, 0) is 55.3 Å². The van der Waals surface area contributed by atoms with E-state index in [-0.39, 0.29) is 10.8 Å². The molecule has 132 valence electrons. The standard InChI is InChI=1S/C17H18ClN3O3S/c18-13-5-8-16(15(19)11-13)20-17(22)12-3-6-14(7-4-12)25(23,24)21-9-1-2-10-21/h3-8,11H,1-2,9-10,19H2,(H,20,22).